The second-order valence-electron chi connectivity index (χ2n) is 20.0. The largest absolute Gasteiger partial charge is 0.308 e. The second kappa shape index (κ2) is 10.6. The van der Waals surface area contributed by atoms with Crippen LogP contribution in [0.15, 0.2) is 127 Å². The van der Waals surface area contributed by atoms with Gasteiger partial charge in [-0.05, 0) is 148 Å². The summed E-state index contributed by atoms with van der Waals surface area (Å²) in [7, 11) is 0. The lowest BCUT2D eigenvalue weighted by atomic mass is 9.27. The Balaban J connectivity index is 1.01. The van der Waals surface area contributed by atoms with E-state index in [0.717, 1.165) is 23.7 Å². The molecule has 4 fully saturated rings. The molecular weight excluding hydrogens is 695 g/mol. The maximum Gasteiger partial charge on any atom is 0.0640 e. The number of rotatable bonds is 4. The van der Waals surface area contributed by atoms with Crippen molar-refractivity contribution in [3.8, 4) is 22.3 Å². The molecular formula is C54H49NS. The molecule has 0 amide bonds. The first-order valence-electron chi connectivity index (χ1n) is 21.4. The summed E-state index contributed by atoms with van der Waals surface area (Å²) >= 11 is 1.94. The summed E-state index contributed by atoms with van der Waals surface area (Å²) in [4.78, 5) is 2.63. The number of benzene rings is 6. The van der Waals surface area contributed by atoms with Gasteiger partial charge < -0.3 is 4.90 Å². The summed E-state index contributed by atoms with van der Waals surface area (Å²) in [5.74, 6) is 3.51. The number of nitrogens with zero attached hydrogens (tertiary/aromatic N) is 1. The summed E-state index contributed by atoms with van der Waals surface area (Å²) in [6.45, 7) is 9.72. The molecule has 6 aliphatic carbocycles. The van der Waals surface area contributed by atoms with Gasteiger partial charge in [0.1, 0.15) is 0 Å². The highest BCUT2D eigenvalue weighted by atomic mass is 32.1. The first kappa shape index (κ1) is 32.4. The fourth-order valence-electron chi connectivity index (χ4n) is 14.4. The van der Waals surface area contributed by atoms with E-state index in [1.165, 1.54) is 109 Å². The fraction of sp³-hybridized carbons (Fsp3) is 0.333. The van der Waals surface area contributed by atoms with Crippen LogP contribution in [0.2, 0.25) is 0 Å². The van der Waals surface area contributed by atoms with Gasteiger partial charge in [-0.25, -0.2) is 0 Å². The average Bonchev–Trinajstić information content (AvgIpc) is 3.95. The zero-order valence-corrected chi connectivity index (χ0v) is 33.8. The van der Waals surface area contributed by atoms with Crippen LogP contribution in [-0.4, -0.2) is 0 Å². The highest BCUT2D eigenvalue weighted by Crippen LogP contribution is 2.89. The summed E-state index contributed by atoms with van der Waals surface area (Å²) in [6.07, 6.45) is 8.31. The van der Waals surface area contributed by atoms with Crippen molar-refractivity contribution in [3.63, 3.8) is 0 Å². The maximum atomic E-state index is 2.63. The third-order valence-corrected chi connectivity index (χ3v) is 18.0. The Morgan fingerprint density at radius 2 is 1.27 bits per heavy atom. The van der Waals surface area contributed by atoms with Crippen molar-refractivity contribution in [1.29, 1.82) is 0 Å². The molecule has 2 bridgehead atoms. The highest BCUT2D eigenvalue weighted by molar-refractivity contribution is 7.26. The Kier molecular flexibility index (Phi) is 6.16. The molecule has 6 aliphatic rings. The average molecular weight is 744 g/mol. The molecule has 1 heterocycles. The van der Waals surface area contributed by atoms with E-state index >= 15 is 0 Å². The van der Waals surface area contributed by atoms with Crippen molar-refractivity contribution in [1.82, 2.24) is 0 Å². The fourth-order valence-corrected chi connectivity index (χ4v) is 15.6. The lowest BCUT2D eigenvalue weighted by molar-refractivity contribution is -0.231. The van der Waals surface area contributed by atoms with Crippen LogP contribution in [0.5, 0.6) is 0 Å². The van der Waals surface area contributed by atoms with Crippen molar-refractivity contribution < 1.29 is 0 Å². The van der Waals surface area contributed by atoms with Gasteiger partial charge in [0.2, 0.25) is 0 Å². The van der Waals surface area contributed by atoms with E-state index in [2.05, 4.69) is 160 Å². The van der Waals surface area contributed by atoms with Crippen molar-refractivity contribution in [2.24, 2.45) is 29.1 Å². The van der Waals surface area contributed by atoms with Crippen LogP contribution in [0.3, 0.4) is 0 Å². The summed E-state index contributed by atoms with van der Waals surface area (Å²) in [5, 5.41) is 2.69. The molecule has 13 rings (SSSR count). The van der Waals surface area contributed by atoms with Gasteiger partial charge in [-0.2, -0.15) is 0 Å². The SMILES string of the molecule is CC1(C)CCC(C)(C)c2cc(-c3ccc(N(c4cccc5c4-c4ccccc4C54C5CC6CC7CC4C75C6)c4cccc5c4sc4ccccc45)cc3)ccc21. The van der Waals surface area contributed by atoms with E-state index in [9.17, 15) is 0 Å². The van der Waals surface area contributed by atoms with Gasteiger partial charge in [0.25, 0.3) is 0 Å². The van der Waals surface area contributed by atoms with Crippen LogP contribution >= 0.6 is 11.3 Å². The minimum atomic E-state index is 0.168. The normalized spacial score (nSPS) is 29.1. The summed E-state index contributed by atoms with van der Waals surface area (Å²) < 4.78 is 2.70. The Morgan fingerprint density at radius 1 is 0.571 bits per heavy atom. The molecule has 276 valence electrons. The number of hydrogen-bond donors (Lipinski definition) is 0. The van der Waals surface area contributed by atoms with Crippen LogP contribution in [0.4, 0.5) is 17.1 Å². The number of anilines is 3. The summed E-state index contributed by atoms with van der Waals surface area (Å²) in [6, 6.07) is 49.8. The third-order valence-electron chi connectivity index (χ3n) is 16.8. The Hall–Kier alpha value is -4.66. The first-order valence-corrected chi connectivity index (χ1v) is 22.2. The molecule has 6 unspecified atom stereocenters. The summed E-state index contributed by atoms with van der Waals surface area (Å²) in [5.41, 5.74) is 16.8. The van der Waals surface area contributed by atoms with Crippen LogP contribution in [0, 0.1) is 29.1 Å². The smallest absolute Gasteiger partial charge is 0.0640 e. The molecule has 6 atom stereocenters. The quantitative estimate of drug-likeness (QED) is 0.174. The monoisotopic (exact) mass is 743 g/mol. The highest BCUT2D eigenvalue weighted by Gasteiger charge is 2.84. The predicted molar refractivity (Wildman–Crippen MR) is 236 cm³/mol. The van der Waals surface area contributed by atoms with Crippen molar-refractivity contribution >= 4 is 48.6 Å². The number of thiophene rings is 1. The maximum absolute atomic E-state index is 2.63. The lowest BCUT2D eigenvalue weighted by Crippen LogP contribution is -2.73. The van der Waals surface area contributed by atoms with E-state index < -0.39 is 0 Å². The van der Waals surface area contributed by atoms with Crippen LogP contribution in [0.25, 0.3) is 42.4 Å². The molecule has 2 heteroatoms. The molecule has 7 aromatic rings. The number of fused-ring (bicyclic) bond motifs is 12. The standard InChI is InChI=1S/C54H49NS/c1-51(2)25-26-52(3,4)43-29-34(21-24-41(43)51)33-19-22-36(23-20-33)55(45-17-9-13-38-37-11-6-8-18-46(37)56-50(38)45)44-16-10-15-42-49(44)39-12-5-7-14-40(39)54(42)47-28-32-27-35-30-48(54)53(35,47)31-32/h5-24,29,32,35,47-48H,25-28,30-31H2,1-4H3. The van der Waals surface area contributed by atoms with Gasteiger partial charge >= 0.3 is 0 Å². The molecule has 1 aromatic heterocycles. The van der Waals surface area contributed by atoms with Crippen molar-refractivity contribution in [3.05, 3.63) is 150 Å². The van der Waals surface area contributed by atoms with Gasteiger partial charge in [0.15, 0.2) is 0 Å². The van der Waals surface area contributed by atoms with Crippen molar-refractivity contribution in [2.45, 2.75) is 82.5 Å². The van der Waals surface area contributed by atoms with Crippen molar-refractivity contribution in [2.75, 3.05) is 4.90 Å². The number of hydrogen-bond acceptors (Lipinski definition) is 2. The minimum Gasteiger partial charge on any atom is -0.308 e. The topological polar surface area (TPSA) is 3.24 Å². The molecule has 4 saturated carbocycles. The van der Waals surface area contributed by atoms with Crippen LogP contribution < -0.4 is 4.90 Å². The van der Waals surface area contributed by atoms with E-state index in [1.54, 1.807) is 11.1 Å². The van der Waals surface area contributed by atoms with Gasteiger partial charge in [-0.3, -0.25) is 0 Å². The Morgan fingerprint density at radius 3 is 2.12 bits per heavy atom. The van der Waals surface area contributed by atoms with E-state index in [0.29, 0.717) is 5.41 Å². The molecule has 56 heavy (non-hydrogen) atoms. The predicted octanol–water partition coefficient (Wildman–Crippen LogP) is 14.9. The Labute approximate surface area is 335 Å². The van der Waals surface area contributed by atoms with Gasteiger partial charge in [-0.15, -0.1) is 11.3 Å². The zero-order valence-electron chi connectivity index (χ0n) is 33.0. The van der Waals surface area contributed by atoms with Gasteiger partial charge in [-0.1, -0.05) is 125 Å². The molecule has 2 spiro atoms. The second-order valence-corrected chi connectivity index (χ2v) is 21.0. The van der Waals surface area contributed by atoms with Crippen LogP contribution in [0.1, 0.15) is 88.5 Å². The van der Waals surface area contributed by atoms with Gasteiger partial charge in [0, 0.05) is 32.1 Å². The van der Waals surface area contributed by atoms with E-state index in [1.807, 2.05) is 11.3 Å². The third kappa shape index (κ3) is 3.79. The van der Waals surface area contributed by atoms with E-state index in [4.69, 9.17) is 0 Å². The first-order chi connectivity index (χ1) is 27.2. The zero-order chi connectivity index (χ0) is 37.3. The Bertz CT molecular complexity index is 2820. The molecule has 6 aromatic carbocycles. The molecule has 0 radical (unpaired) electrons. The van der Waals surface area contributed by atoms with Gasteiger partial charge in [0.05, 0.1) is 16.1 Å². The minimum absolute atomic E-state index is 0.168. The molecule has 0 saturated heterocycles. The molecule has 1 nitrogen and oxygen atoms in total. The van der Waals surface area contributed by atoms with E-state index in [-0.39, 0.29) is 16.2 Å². The lowest BCUT2D eigenvalue weighted by Gasteiger charge is -2.76. The molecule has 0 N–H and O–H groups in total. The van der Waals surface area contributed by atoms with Crippen LogP contribution in [-0.2, 0) is 16.2 Å². The molecule has 0 aliphatic heterocycles.